The first-order chi connectivity index (χ1) is 25.3. The fraction of sp³-hybridized carbons (Fsp3) is 0.829. The van der Waals surface area contributed by atoms with Crippen LogP contribution in [0.1, 0.15) is 128 Å². The number of hydrogen-bond acceptors (Lipinski definition) is 8. The van der Waals surface area contributed by atoms with E-state index in [4.69, 9.17) is 14.5 Å². The van der Waals surface area contributed by atoms with E-state index in [1.54, 1.807) is 0 Å². The van der Waals surface area contributed by atoms with Gasteiger partial charge in [-0.05, 0) is 167 Å². The smallest absolute Gasteiger partial charge is 0.397 e. The summed E-state index contributed by atoms with van der Waals surface area (Å²) in [5, 5.41) is 11.0. The Balaban J connectivity index is 1.26. The summed E-state index contributed by atoms with van der Waals surface area (Å²) in [5.74, 6) is 2.45. The third kappa shape index (κ3) is 10.4. The maximum Gasteiger partial charge on any atom is 0.397 e. The molecule has 0 saturated heterocycles. The van der Waals surface area contributed by atoms with Crippen molar-refractivity contribution in [2.45, 2.75) is 136 Å². The minimum Gasteiger partial charge on any atom is -0.458 e. The molecule has 4 fully saturated rings. The van der Waals surface area contributed by atoms with Crippen LogP contribution in [0.15, 0.2) is 35.4 Å². The first kappa shape index (κ1) is 41.9. The van der Waals surface area contributed by atoms with Gasteiger partial charge in [0.15, 0.2) is 0 Å². The van der Waals surface area contributed by atoms with Crippen LogP contribution in [0.4, 0.5) is 0 Å². The Labute approximate surface area is 319 Å². The molecule has 0 heterocycles. The first-order valence-electron chi connectivity index (χ1n) is 20.6. The van der Waals surface area contributed by atoms with Crippen LogP contribution in [0.3, 0.4) is 0 Å². The van der Waals surface area contributed by atoms with Crippen molar-refractivity contribution in [3.8, 4) is 0 Å². The molecule has 3 N–H and O–H groups in total. The van der Waals surface area contributed by atoms with Crippen LogP contribution in [0.25, 0.3) is 10.4 Å². The lowest BCUT2D eigenvalue weighted by Crippen LogP contribution is -2.60. The van der Waals surface area contributed by atoms with Crippen LogP contribution in [0.5, 0.6) is 0 Å². The number of nitrogens with one attached hydrogen (secondary N) is 2. The lowest BCUT2D eigenvalue weighted by atomic mass is 9.43. The fourth-order valence-corrected chi connectivity index (χ4v) is 12.3. The number of nitrogens with zero attached hydrogens (tertiary/aromatic N) is 3. The normalized spacial score (nSPS) is 33.6. The van der Waals surface area contributed by atoms with Crippen molar-refractivity contribution in [1.82, 2.24) is 10.6 Å². The van der Waals surface area contributed by atoms with E-state index in [1.807, 2.05) is 44.2 Å². The van der Waals surface area contributed by atoms with E-state index in [1.165, 1.54) is 19.3 Å². The first-order valence-corrected chi connectivity index (χ1v) is 22.0. The second kappa shape index (κ2) is 18.6. The number of carbonyl (C=O) groups excluding carboxylic acids is 1. The van der Waals surface area contributed by atoms with Gasteiger partial charge in [0.25, 0.3) is 0 Å². The van der Waals surface area contributed by atoms with E-state index >= 15 is 0 Å². The zero-order valence-corrected chi connectivity index (χ0v) is 33.7. The third-order valence-electron chi connectivity index (χ3n) is 14.5. The summed E-state index contributed by atoms with van der Waals surface area (Å²) < 4.78 is 44.3. The molecule has 11 nitrogen and oxygen atoms in total. The van der Waals surface area contributed by atoms with Gasteiger partial charge in [-0.1, -0.05) is 57.9 Å². The number of rotatable bonds is 19. The van der Waals surface area contributed by atoms with Crippen molar-refractivity contribution in [3.63, 3.8) is 0 Å². The van der Waals surface area contributed by atoms with Gasteiger partial charge in [-0.25, -0.2) is 8.98 Å². The van der Waals surface area contributed by atoms with E-state index in [0.717, 1.165) is 77.4 Å². The third-order valence-corrected chi connectivity index (χ3v) is 15.0. The Morgan fingerprint density at radius 1 is 0.962 bits per heavy atom. The Morgan fingerprint density at radius 3 is 2.40 bits per heavy atom. The molecule has 11 atom stereocenters. The monoisotopic (exact) mass is 757 g/mol. The molecule has 0 radical (unpaired) electrons. The zero-order valence-electron chi connectivity index (χ0n) is 32.9. The minimum absolute atomic E-state index is 0.0251. The SMILES string of the molecule is CC(CC[C@@H](OS(=O)(=O)O)C(C)C)[C@H]1CCC2C3C(OC(=O)c4ccccc4)C[C@H]4C[C@@H](NCCCNCCCCN=[N+]=[N-])CC[C@]4(C)C3CC[C@@]21C. The molecule has 298 valence electrons. The number of hydrogen-bond donors (Lipinski definition) is 3. The second-order valence-corrected chi connectivity index (χ2v) is 18.9. The predicted octanol–water partition coefficient (Wildman–Crippen LogP) is 8.77. The number of benzene rings is 1. The van der Waals surface area contributed by atoms with Crippen LogP contribution < -0.4 is 10.6 Å². The molecular weight excluding hydrogens is 691 g/mol. The highest BCUT2D eigenvalue weighted by Crippen LogP contribution is 2.69. The molecule has 1 aromatic rings. The summed E-state index contributed by atoms with van der Waals surface area (Å²) in [5.41, 5.74) is 9.38. The molecule has 0 amide bonds. The largest absolute Gasteiger partial charge is 0.458 e. The molecule has 12 heteroatoms. The molecule has 4 aliphatic rings. The van der Waals surface area contributed by atoms with Crippen LogP contribution >= 0.6 is 0 Å². The molecule has 5 rings (SSSR count). The minimum atomic E-state index is -4.51. The molecule has 0 aliphatic heterocycles. The van der Waals surface area contributed by atoms with Crippen LogP contribution in [-0.4, -0.2) is 63.4 Å². The molecule has 0 spiro atoms. The van der Waals surface area contributed by atoms with Gasteiger partial charge in [0.1, 0.15) is 6.10 Å². The molecule has 4 saturated carbocycles. The summed E-state index contributed by atoms with van der Waals surface area (Å²) in [6, 6.07) is 9.94. The lowest BCUT2D eigenvalue weighted by molar-refractivity contribution is -0.168. The standard InChI is InChI=1S/C41H67N5O6S/c1-28(2)36(52-53(48,49)50)17-14-29(3)33-15-16-34-38-35(19-21-41(33,34)5)40(4)20-18-32(44-24-11-23-43-22-9-10-25-45-46-42)26-31(40)27-37(38)51-39(47)30-12-7-6-8-13-30/h6-8,12-13,28-29,31-38,43-44H,9-11,14-27H2,1-5H3,(H,48,49,50)/t29?,31-,32+,33-,34?,35?,36-,37?,38?,40+,41-/m1/s1. The van der Waals surface area contributed by atoms with Gasteiger partial charge in [-0.2, -0.15) is 8.42 Å². The number of esters is 1. The molecule has 0 aromatic heterocycles. The quantitative estimate of drug-likeness (QED) is 0.0315. The van der Waals surface area contributed by atoms with Gasteiger partial charge in [0, 0.05) is 23.4 Å². The molecule has 0 bridgehead atoms. The van der Waals surface area contributed by atoms with E-state index in [0.29, 0.717) is 60.1 Å². The van der Waals surface area contributed by atoms with Crippen LogP contribution in [0, 0.1) is 52.3 Å². The topological polar surface area (TPSA) is 163 Å². The van der Waals surface area contributed by atoms with Crippen molar-refractivity contribution in [1.29, 1.82) is 0 Å². The van der Waals surface area contributed by atoms with E-state index in [2.05, 4.69) is 41.4 Å². The zero-order chi connectivity index (χ0) is 38.2. The van der Waals surface area contributed by atoms with Crippen molar-refractivity contribution in [2.24, 2.45) is 57.4 Å². The summed E-state index contributed by atoms with van der Waals surface area (Å²) in [7, 11) is -4.51. The van der Waals surface area contributed by atoms with Gasteiger partial charge in [0.2, 0.25) is 0 Å². The number of azide groups is 1. The van der Waals surface area contributed by atoms with Gasteiger partial charge >= 0.3 is 16.4 Å². The second-order valence-electron chi connectivity index (χ2n) is 17.8. The summed E-state index contributed by atoms with van der Waals surface area (Å²) in [6.07, 6.45) is 12.8. The van der Waals surface area contributed by atoms with E-state index in [9.17, 15) is 17.8 Å². The lowest BCUT2D eigenvalue weighted by Gasteiger charge is -2.63. The highest BCUT2D eigenvalue weighted by molar-refractivity contribution is 7.80. The maximum absolute atomic E-state index is 13.7. The van der Waals surface area contributed by atoms with Crippen molar-refractivity contribution < 1.29 is 26.7 Å². The Kier molecular flexibility index (Phi) is 14.7. The number of unbranched alkanes of at least 4 members (excludes halogenated alkanes) is 1. The van der Waals surface area contributed by atoms with E-state index in [-0.39, 0.29) is 28.8 Å². The van der Waals surface area contributed by atoms with Crippen molar-refractivity contribution in [3.05, 3.63) is 46.3 Å². The highest BCUT2D eigenvalue weighted by Gasteiger charge is 2.63. The van der Waals surface area contributed by atoms with Gasteiger partial charge in [0.05, 0.1) is 11.7 Å². The Morgan fingerprint density at radius 2 is 1.68 bits per heavy atom. The molecular formula is C41H67N5O6S. The Bertz CT molecular complexity index is 1490. The summed E-state index contributed by atoms with van der Waals surface area (Å²) >= 11 is 0. The number of fused-ring (bicyclic) bond motifs is 5. The average Bonchev–Trinajstić information content (AvgIpc) is 3.48. The van der Waals surface area contributed by atoms with Crippen molar-refractivity contribution in [2.75, 3.05) is 26.2 Å². The van der Waals surface area contributed by atoms with E-state index < -0.39 is 16.5 Å². The van der Waals surface area contributed by atoms with Gasteiger partial charge in [-0.3, -0.25) is 4.55 Å². The van der Waals surface area contributed by atoms with Crippen LogP contribution in [0.2, 0.25) is 0 Å². The Hall–Kier alpha value is -2.21. The highest BCUT2D eigenvalue weighted by atomic mass is 32.3. The van der Waals surface area contributed by atoms with Gasteiger partial charge in [-0.15, -0.1) is 0 Å². The number of ether oxygens (including phenoxy) is 1. The van der Waals surface area contributed by atoms with Crippen LogP contribution in [-0.2, 0) is 19.3 Å². The average molecular weight is 758 g/mol. The van der Waals surface area contributed by atoms with Crippen molar-refractivity contribution >= 4 is 16.4 Å². The summed E-state index contributed by atoms with van der Waals surface area (Å²) in [6.45, 7) is 14.7. The summed E-state index contributed by atoms with van der Waals surface area (Å²) in [4.78, 5) is 16.5. The maximum atomic E-state index is 13.7. The fourth-order valence-electron chi connectivity index (χ4n) is 11.7. The molecule has 1 aromatic carbocycles. The molecule has 53 heavy (non-hydrogen) atoms. The predicted molar refractivity (Wildman–Crippen MR) is 208 cm³/mol. The van der Waals surface area contributed by atoms with Gasteiger partial charge < -0.3 is 15.4 Å². The molecule has 5 unspecified atom stereocenters. The number of carbonyl (C=O) groups is 1. The molecule has 4 aliphatic carbocycles.